The molecule has 120 valence electrons. The maximum absolute atomic E-state index is 14.0. The Labute approximate surface area is 127 Å². The molecule has 0 radical (unpaired) electrons. The SMILES string of the molecule is O=C(c1cnccn1)N1CCC(F)(F)C(COCC2CC2)C1. The van der Waals surface area contributed by atoms with E-state index in [0.717, 1.165) is 12.8 Å². The standard InChI is InChI=1S/C15H19F2N3O2/c16-15(17)3-6-20(14(21)13-7-18-4-5-19-13)8-12(15)10-22-9-11-1-2-11/h4-5,7,11-12H,1-3,6,8-10H2. The van der Waals surface area contributed by atoms with Gasteiger partial charge in [0.15, 0.2) is 0 Å². The maximum atomic E-state index is 14.0. The number of piperidine rings is 1. The van der Waals surface area contributed by atoms with E-state index in [4.69, 9.17) is 4.74 Å². The number of likely N-dealkylation sites (tertiary alicyclic amines) is 1. The number of carbonyl (C=O) groups is 1. The fraction of sp³-hybridized carbons (Fsp3) is 0.667. The van der Waals surface area contributed by atoms with Gasteiger partial charge in [0.2, 0.25) is 0 Å². The first kappa shape index (κ1) is 15.3. The molecule has 22 heavy (non-hydrogen) atoms. The Balaban J connectivity index is 1.60. The first-order chi connectivity index (χ1) is 10.6. The number of nitrogens with zero attached hydrogens (tertiary/aromatic N) is 3. The number of carbonyl (C=O) groups excluding carboxylic acids is 1. The van der Waals surface area contributed by atoms with Crippen LogP contribution in [0, 0.1) is 11.8 Å². The van der Waals surface area contributed by atoms with Crippen molar-refractivity contribution < 1.29 is 18.3 Å². The van der Waals surface area contributed by atoms with Crippen LogP contribution in [0.15, 0.2) is 18.6 Å². The van der Waals surface area contributed by atoms with E-state index >= 15 is 0 Å². The lowest BCUT2D eigenvalue weighted by Crippen LogP contribution is -2.51. The molecule has 0 N–H and O–H groups in total. The quantitative estimate of drug-likeness (QED) is 0.834. The summed E-state index contributed by atoms with van der Waals surface area (Å²) < 4.78 is 33.4. The molecule has 1 unspecified atom stereocenters. The van der Waals surface area contributed by atoms with Crippen LogP contribution >= 0.6 is 0 Å². The summed E-state index contributed by atoms with van der Waals surface area (Å²) >= 11 is 0. The third-order valence-corrected chi connectivity index (χ3v) is 4.19. The second-order valence-electron chi connectivity index (χ2n) is 6.03. The van der Waals surface area contributed by atoms with Crippen molar-refractivity contribution >= 4 is 5.91 Å². The molecule has 1 saturated carbocycles. The molecule has 1 aliphatic heterocycles. The van der Waals surface area contributed by atoms with E-state index in [9.17, 15) is 13.6 Å². The lowest BCUT2D eigenvalue weighted by atomic mass is 9.94. The smallest absolute Gasteiger partial charge is 0.274 e. The molecule has 1 aliphatic carbocycles. The Morgan fingerprint density at radius 2 is 2.18 bits per heavy atom. The number of hydrogen-bond donors (Lipinski definition) is 0. The lowest BCUT2D eigenvalue weighted by molar-refractivity contribution is -0.122. The van der Waals surface area contributed by atoms with Crippen LogP contribution in [0.25, 0.3) is 0 Å². The molecule has 1 aromatic rings. The topological polar surface area (TPSA) is 55.3 Å². The zero-order chi connectivity index (χ0) is 15.6. The predicted octanol–water partition coefficient (Wildman–Crippen LogP) is 2.00. The first-order valence-corrected chi connectivity index (χ1v) is 7.57. The summed E-state index contributed by atoms with van der Waals surface area (Å²) in [4.78, 5) is 21.5. The highest BCUT2D eigenvalue weighted by atomic mass is 19.3. The van der Waals surface area contributed by atoms with Crippen molar-refractivity contribution in [2.24, 2.45) is 11.8 Å². The van der Waals surface area contributed by atoms with E-state index in [1.54, 1.807) is 0 Å². The van der Waals surface area contributed by atoms with Crippen LogP contribution in [0.2, 0.25) is 0 Å². The average molecular weight is 311 g/mol. The monoisotopic (exact) mass is 311 g/mol. The highest BCUT2D eigenvalue weighted by molar-refractivity contribution is 5.92. The van der Waals surface area contributed by atoms with E-state index in [1.165, 1.54) is 23.5 Å². The molecule has 2 aliphatic rings. The molecule has 5 nitrogen and oxygen atoms in total. The van der Waals surface area contributed by atoms with Gasteiger partial charge in [-0.15, -0.1) is 0 Å². The molecule has 2 fully saturated rings. The second-order valence-corrected chi connectivity index (χ2v) is 6.03. The van der Waals surface area contributed by atoms with Crippen molar-refractivity contribution in [2.45, 2.75) is 25.2 Å². The van der Waals surface area contributed by atoms with Crippen molar-refractivity contribution in [3.63, 3.8) is 0 Å². The third kappa shape index (κ3) is 3.58. The van der Waals surface area contributed by atoms with Crippen molar-refractivity contribution in [2.75, 3.05) is 26.3 Å². The fourth-order valence-electron chi connectivity index (χ4n) is 2.57. The second kappa shape index (κ2) is 6.24. The van der Waals surface area contributed by atoms with Gasteiger partial charge in [-0.3, -0.25) is 9.78 Å². The minimum atomic E-state index is -2.79. The van der Waals surface area contributed by atoms with Gasteiger partial charge in [-0.25, -0.2) is 13.8 Å². The van der Waals surface area contributed by atoms with Crippen LogP contribution in [-0.4, -0.2) is 53.0 Å². The molecular formula is C15H19F2N3O2. The molecule has 1 aromatic heterocycles. The molecule has 7 heteroatoms. The Morgan fingerprint density at radius 3 is 2.86 bits per heavy atom. The third-order valence-electron chi connectivity index (χ3n) is 4.19. The summed E-state index contributed by atoms with van der Waals surface area (Å²) in [6, 6.07) is 0. The van der Waals surface area contributed by atoms with Gasteiger partial charge in [-0.05, 0) is 18.8 Å². The van der Waals surface area contributed by atoms with Gasteiger partial charge in [-0.2, -0.15) is 0 Å². The van der Waals surface area contributed by atoms with Gasteiger partial charge in [0, 0.05) is 38.5 Å². The van der Waals surface area contributed by atoms with Crippen LogP contribution < -0.4 is 0 Å². The highest BCUT2D eigenvalue weighted by Gasteiger charge is 2.45. The van der Waals surface area contributed by atoms with Gasteiger partial charge < -0.3 is 9.64 Å². The molecule has 3 rings (SSSR count). The van der Waals surface area contributed by atoms with Crippen LogP contribution in [0.5, 0.6) is 0 Å². The normalized spacial score (nSPS) is 24.3. The van der Waals surface area contributed by atoms with Crippen molar-refractivity contribution in [1.29, 1.82) is 0 Å². The van der Waals surface area contributed by atoms with E-state index < -0.39 is 11.8 Å². The summed E-state index contributed by atoms with van der Waals surface area (Å²) in [6.07, 6.45) is 6.15. The van der Waals surface area contributed by atoms with Gasteiger partial charge in [-0.1, -0.05) is 0 Å². The Bertz CT molecular complexity index is 523. The number of amides is 1. The number of hydrogen-bond acceptors (Lipinski definition) is 4. The van der Waals surface area contributed by atoms with E-state index in [1.807, 2.05) is 0 Å². The molecule has 1 saturated heterocycles. The minimum Gasteiger partial charge on any atom is -0.381 e. The number of rotatable bonds is 5. The number of alkyl halides is 2. The van der Waals surface area contributed by atoms with E-state index in [-0.39, 0.29) is 37.7 Å². The summed E-state index contributed by atoms with van der Waals surface area (Å²) in [5.74, 6) is -3.56. The Morgan fingerprint density at radius 1 is 1.36 bits per heavy atom. The van der Waals surface area contributed by atoms with Crippen LogP contribution in [0.3, 0.4) is 0 Å². The van der Waals surface area contributed by atoms with Crippen LogP contribution in [-0.2, 0) is 4.74 Å². The lowest BCUT2D eigenvalue weighted by Gasteiger charge is -2.38. The highest BCUT2D eigenvalue weighted by Crippen LogP contribution is 2.35. The largest absolute Gasteiger partial charge is 0.381 e. The first-order valence-electron chi connectivity index (χ1n) is 7.57. The summed E-state index contributed by atoms with van der Waals surface area (Å²) in [5.41, 5.74) is 0.186. The van der Waals surface area contributed by atoms with Gasteiger partial charge in [0.05, 0.1) is 18.7 Å². The van der Waals surface area contributed by atoms with Gasteiger partial charge >= 0.3 is 0 Å². The zero-order valence-electron chi connectivity index (χ0n) is 12.3. The average Bonchev–Trinajstić information content (AvgIpc) is 3.33. The Kier molecular flexibility index (Phi) is 4.33. The minimum absolute atomic E-state index is 0.00620. The van der Waals surface area contributed by atoms with Crippen molar-refractivity contribution in [3.8, 4) is 0 Å². The molecule has 0 bridgehead atoms. The zero-order valence-corrected chi connectivity index (χ0v) is 12.3. The number of halogens is 2. The Hall–Kier alpha value is -1.63. The number of ether oxygens (including phenoxy) is 1. The van der Waals surface area contributed by atoms with Gasteiger partial charge in [0.25, 0.3) is 11.8 Å². The molecule has 2 heterocycles. The number of aromatic nitrogens is 2. The molecule has 0 aromatic carbocycles. The summed E-state index contributed by atoms with van der Waals surface area (Å²) in [6.45, 7) is 0.563. The van der Waals surface area contributed by atoms with E-state index in [2.05, 4.69) is 9.97 Å². The predicted molar refractivity (Wildman–Crippen MR) is 74.5 cm³/mol. The molecule has 0 spiro atoms. The van der Waals surface area contributed by atoms with Crippen molar-refractivity contribution in [1.82, 2.24) is 14.9 Å². The van der Waals surface area contributed by atoms with Gasteiger partial charge in [0.1, 0.15) is 5.69 Å². The maximum Gasteiger partial charge on any atom is 0.274 e. The van der Waals surface area contributed by atoms with Crippen LogP contribution in [0.1, 0.15) is 29.8 Å². The fourth-order valence-corrected chi connectivity index (χ4v) is 2.57. The molecule has 1 atom stereocenters. The summed E-state index contributed by atoms with van der Waals surface area (Å²) in [7, 11) is 0. The van der Waals surface area contributed by atoms with Crippen molar-refractivity contribution in [3.05, 3.63) is 24.3 Å². The summed E-state index contributed by atoms with van der Waals surface area (Å²) in [5, 5.41) is 0. The molecule has 1 amide bonds. The van der Waals surface area contributed by atoms with E-state index in [0.29, 0.717) is 12.5 Å². The molecular weight excluding hydrogens is 292 g/mol. The van der Waals surface area contributed by atoms with Crippen LogP contribution in [0.4, 0.5) is 8.78 Å².